The van der Waals surface area contributed by atoms with Crippen LogP contribution in [0.25, 0.3) is 0 Å². The lowest BCUT2D eigenvalue weighted by atomic mass is 10.1. The molecule has 0 radical (unpaired) electrons. The van der Waals surface area contributed by atoms with Gasteiger partial charge in [0.2, 0.25) is 0 Å². The third-order valence-corrected chi connectivity index (χ3v) is 3.74. The zero-order valence-electron chi connectivity index (χ0n) is 9.20. The molecule has 1 atom stereocenters. The number of benzene rings is 1. The highest BCUT2D eigenvalue weighted by atomic mass is 127. The van der Waals surface area contributed by atoms with E-state index in [9.17, 15) is 14.3 Å². The molecule has 1 saturated heterocycles. The quantitative estimate of drug-likeness (QED) is 0.789. The number of aliphatic hydroxyl groups excluding tert-OH is 1. The highest BCUT2D eigenvalue weighted by Gasteiger charge is 2.24. The van der Waals surface area contributed by atoms with Crippen molar-refractivity contribution in [2.75, 3.05) is 13.1 Å². The lowest BCUT2D eigenvalue weighted by molar-refractivity contribution is 0.0473. The van der Waals surface area contributed by atoms with Crippen LogP contribution in [0.3, 0.4) is 0 Å². The first-order valence-corrected chi connectivity index (χ1v) is 6.58. The molecule has 92 valence electrons. The number of carbonyl (C=O) groups excluding carboxylic acids is 1. The Hall–Kier alpha value is -0.690. The molecule has 1 heterocycles. The number of halogens is 2. The highest BCUT2D eigenvalue weighted by Crippen LogP contribution is 2.18. The average molecular weight is 349 g/mol. The number of hydrogen-bond donors (Lipinski definition) is 1. The largest absolute Gasteiger partial charge is 0.391 e. The second kappa shape index (κ2) is 5.30. The number of piperidine rings is 1. The maximum Gasteiger partial charge on any atom is 0.255 e. The highest BCUT2D eigenvalue weighted by molar-refractivity contribution is 14.1. The Morgan fingerprint density at radius 3 is 2.94 bits per heavy atom. The van der Waals surface area contributed by atoms with E-state index in [0.29, 0.717) is 22.2 Å². The number of aliphatic hydroxyl groups is 1. The van der Waals surface area contributed by atoms with Gasteiger partial charge in [0.15, 0.2) is 0 Å². The number of rotatable bonds is 1. The Bertz CT molecular complexity index is 439. The molecule has 3 nitrogen and oxygen atoms in total. The summed E-state index contributed by atoms with van der Waals surface area (Å²) in [6.45, 7) is 1.02. The van der Waals surface area contributed by atoms with Crippen LogP contribution < -0.4 is 0 Å². The van der Waals surface area contributed by atoms with Crippen LogP contribution in [0.1, 0.15) is 23.2 Å². The van der Waals surface area contributed by atoms with Crippen molar-refractivity contribution in [1.29, 1.82) is 0 Å². The van der Waals surface area contributed by atoms with Crippen molar-refractivity contribution in [3.63, 3.8) is 0 Å². The van der Waals surface area contributed by atoms with Gasteiger partial charge < -0.3 is 10.0 Å². The van der Waals surface area contributed by atoms with E-state index in [2.05, 4.69) is 0 Å². The van der Waals surface area contributed by atoms with Gasteiger partial charge in [-0.3, -0.25) is 4.79 Å². The number of hydrogen-bond acceptors (Lipinski definition) is 2. The van der Waals surface area contributed by atoms with Crippen LogP contribution in [0.4, 0.5) is 4.39 Å². The van der Waals surface area contributed by atoms with Crippen LogP contribution >= 0.6 is 22.6 Å². The summed E-state index contributed by atoms with van der Waals surface area (Å²) in [6.07, 6.45) is 1.11. The molecule has 5 heteroatoms. The molecule has 0 spiro atoms. The standard InChI is InChI=1S/C12H13FINO2/c13-8-3-4-10(11(14)6-8)12(17)15-5-1-2-9(16)7-15/h3-4,6,9,16H,1-2,5,7H2. The second-order valence-electron chi connectivity index (χ2n) is 4.17. The number of amides is 1. The van der Waals surface area contributed by atoms with Crippen LogP contribution in [-0.2, 0) is 0 Å². The molecule has 17 heavy (non-hydrogen) atoms. The first-order valence-electron chi connectivity index (χ1n) is 5.50. The lowest BCUT2D eigenvalue weighted by Crippen LogP contribution is -2.42. The fourth-order valence-electron chi connectivity index (χ4n) is 1.97. The van der Waals surface area contributed by atoms with Crippen LogP contribution in [-0.4, -0.2) is 35.1 Å². The third-order valence-electron chi connectivity index (χ3n) is 2.85. The molecule has 0 aliphatic carbocycles. The van der Waals surface area contributed by atoms with E-state index in [1.54, 1.807) is 4.90 Å². The molecule has 1 aliphatic rings. The van der Waals surface area contributed by atoms with Crippen LogP contribution in [0, 0.1) is 9.39 Å². The monoisotopic (exact) mass is 349 g/mol. The Balaban J connectivity index is 2.18. The zero-order valence-corrected chi connectivity index (χ0v) is 11.4. The summed E-state index contributed by atoms with van der Waals surface area (Å²) in [5.41, 5.74) is 0.501. The Labute approximate surface area is 113 Å². The lowest BCUT2D eigenvalue weighted by Gasteiger charge is -2.30. The molecule has 1 aromatic rings. The zero-order chi connectivity index (χ0) is 12.4. The fourth-order valence-corrected chi connectivity index (χ4v) is 2.68. The van der Waals surface area contributed by atoms with E-state index in [4.69, 9.17) is 0 Å². The van der Waals surface area contributed by atoms with Crippen molar-refractivity contribution in [2.45, 2.75) is 18.9 Å². The first kappa shape index (κ1) is 12.8. The van der Waals surface area contributed by atoms with Crippen molar-refractivity contribution in [2.24, 2.45) is 0 Å². The molecule has 1 N–H and O–H groups in total. The normalized spacial score (nSPS) is 20.4. The molecule has 0 saturated carbocycles. The summed E-state index contributed by atoms with van der Waals surface area (Å²) in [6, 6.07) is 4.13. The second-order valence-corrected chi connectivity index (χ2v) is 5.33. The smallest absolute Gasteiger partial charge is 0.255 e. The third kappa shape index (κ3) is 2.95. The maximum absolute atomic E-state index is 12.9. The van der Waals surface area contributed by atoms with Gasteiger partial charge in [-0.2, -0.15) is 0 Å². The van der Waals surface area contributed by atoms with Crippen molar-refractivity contribution in [3.8, 4) is 0 Å². The van der Waals surface area contributed by atoms with Crippen LogP contribution in [0.2, 0.25) is 0 Å². The minimum Gasteiger partial charge on any atom is -0.391 e. The van der Waals surface area contributed by atoms with Gasteiger partial charge in [-0.15, -0.1) is 0 Å². The van der Waals surface area contributed by atoms with Crippen molar-refractivity contribution < 1.29 is 14.3 Å². The minimum atomic E-state index is -0.439. The molecular formula is C12H13FINO2. The maximum atomic E-state index is 12.9. The molecule has 0 bridgehead atoms. The van der Waals surface area contributed by atoms with Crippen molar-refractivity contribution in [3.05, 3.63) is 33.1 Å². The van der Waals surface area contributed by atoms with Gasteiger partial charge >= 0.3 is 0 Å². The SMILES string of the molecule is O=C(c1ccc(F)cc1I)N1CCCC(O)C1. The van der Waals surface area contributed by atoms with Gasteiger partial charge in [-0.25, -0.2) is 4.39 Å². The van der Waals surface area contributed by atoms with Gasteiger partial charge in [-0.05, 0) is 53.6 Å². The molecule has 1 amide bonds. The fraction of sp³-hybridized carbons (Fsp3) is 0.417. The summed E-state index contributed by atoms with van der Waals surface area (Å²) in [4.78, 5) is 13.8. The number of nitrogens with zero attached hydrogens (tertiary/aromatic N) is 1. The molecule has 1 fully saturated rings. The number of β-amino-alcohol motifs (C(OH)–C–C–N with tert-alkyl or cyclic N) is 1. The summed E-state index contributed by atoms with van der Waals surface area (Å²) < 4.78 is 13.5. The summed E-state index contributed by atoms with van der Waals surface area (Å²) in [7, 11) is 0. The van der Waals surface area contributed by atoms with E-state index in [0.717, 1.165) is 12.8 Å². The molecule has 0 aromatic heterocycles. The topological polar surface area (TPSA) is 40.5 Å². The Kier molecular flexibility index (Phi) is 3.98. The van der Waals surface area contributed by atoms with Crippen molar-refractivity contribution >= 4 is 28.5 Å². The van der Waals surface area contributed by atoms with Gasteiger partial charge in [-0.1, -0.05) is 0 Å². The van der Waals surface area contributed by atoms with E-state index >= 15 is 0 Å². The summed E-state index contributed by atoms with van der Waals surface area (Å²) in [5.74, 6) is -0.474. The van der Waals surface area contributed by atoms with E-state index < -0.39 is 6.10 Å². The Morgan fingerprint density at radius 2 is 2.29 bits per heavy atom. The van der Waals surface area contributed by atoms with Gasteiger partial charge in [0.05, 0.1) is 11.7 Å². The van der Waals surface area contributed by atoms with E-state index in [-0.39, 0.29) is 11.7 Å². The summed E-state index contributed by atoms with van der Waals surface area (Å²) >= 11 is 1.95. The number of carbonyl (C=O) groups is 1. The molecule has 1 unspecified atom stereocenters. The van der Waals surface area contributed by atoms with Gasteiger partial charge in [0, 0.05) is 16.7 Å². The molecule has 2 rings (SSSR count). The molecule has 1 aromatic carbocycles. The predicted molar refractivity (Wildman–Crippen MR) is 70.3 cm³/mol. The van der Waals surface area contributed by atoms with Crippen molar-refractivity contribution in [1.82, 2.24) is 4.90 Å². The Morgan fingerprint density at radius 1 is 1.53 bits per heavy atom. The van der Waals surface area contributed by atoms with Gasteiger partial charge in [0.1, 0.15) is 5.82 Å². The van der Waals surface area contributed by atoms with E-state index in [1.165, 1.54) is 18.2 Å². The van der Waals surface area contributed by atoms with Crippen LogP contribution in [0.5, 0.6) is 0 Å². The van der Waals surface area contributed by atoms with Gasteiger partial charge in [0.25, 0.3) is 5.91 Å². The average Bonchev–Trinajstić information content (AvgIpc) is 2.28. The summed E-state index contributed by atoms with van der Waals surface area (Å²) in [5, 5.41) is 9.53. The molecule has 1 aliphatic heterocycles. The predicted octanol–water partition coefficient (Wildman–Crippen LogP) is 2.03. The van der Waals surface area contributed by atoms with Crippen LogP contribution in [0.15, 0.2) is 18.2 Å². The number of likely N-dealkylation sites (tertiary alicyclic amines) is 1. The molecular weight excluding hydrogens is 336 g/mol. The van der Waals surface area contributed by atoms with E-state index in [1.807, 2.05) is 22.6 Å². The first-order chi connectivity index (χ1) is 8.08. The minimum absolute atomic E-state index is 0.131.